The van der Waals surface area contributed by atoms with Crippen molar-refractivity contribution in [2.24, 2.45) is 0 Å². The van der Waals surface area contributed by atoms with E-state index in [1.165, 1.54) is 0 Å². The molecule has 0 atom stereocenters. The monoisotopic (exact) mass is 155 g/mol. The Kier molecular flexibility index (Phi) is 3.70. The van der Waals surface area contributed by atoms with Gasteiger partial charge < -0.3 is 4.57 Å². The van der Waals surface area contributed by atoms with Gasteiger partial charge in [0.1, 0.15) is 0 Å². The van der Waals surface area contributed by atoms with E-state index in [1.807, 2.05) is 0 Å². The number of hydrogen-bond acceptors (Lipinski definition) is 1. The Morgan fingerprint density at radius 1 is 1.30 bits per heavy atom. The van der Waals surface area contributed by atoms with Gasteiger partial charge in [-0.1, -0.05) is 13.8 Å². The summed E-state index contributed by atoms with van der Waals surface area (Å²) >= 11 is 0. The lowest BCUT2D eigenvalue weighted by molar-refractivity contribution is 0.475. The first kappa shape index (κ1) is 9.74. The average Bonchev–Trinajstić information content (AvgIpc) is 1.90. The summed E-state index contributed by atoms with van der Waals surface area (Å²) in [5.74, 6) is 0. The number of rotatable bonds is 3. The average molecular weight is 155 g/mol. The summed E-state index contributed by atoms with van der Waals surface area (Å²) in [6.07, 6.45) is 5.43. The Bertz CT molecular complexity index is 131. The third-order valence-electron chi connectivity index (χ3n) is 1.91. The van der Waals surface area contributed by atoms with Crippen molar-refractivity contribution in [3.63, 3.8) is 0 Å². The Hall–Kier alpha value is -0.263. The fourth-order valence-electron chi connectivity index (χ4n) is 1.11. The van der Waals surface area contributed by atoms with Gasteiger partial charge in [-0.15, -0.1) is 12.0 Å². The smallest absolute Gasteiger partial charge is 0.204 e. The largest absolute Gasteiger partial charge is 0.315 e. The van der Waals surface area contributed by atoms with Gasteiger partial charge in [-0.05, 0) is 26.2 Å². The second kappa shape index (κ2) is 3.80. The summed E-state index contributed by atoms with van der Waals surface area (Å²) < 4.78 is 2.40. The van der Waals surface area contributed by atoms with Crippen LogP contribution in [0.3, 0.4) is 0 Å². The van der Waals surface area contributed by atoms with Crippen LogP contribution in [-0.4, -0.2) is 25.9 Å². The van der Waals surface area contributed by atoms with Gasteiger partial charge in [-0.25, -0.2) is 0 Å². The predicted molar refractivity (Wildman–Crippen MR) is 49.2 cm³/mol. The summed E-state index contributed by atoms with van der Waals surface area (Å²) in [7, 11) is -1.45. The Morgan fingerprint density at radius 3 is 1.80 bits per heavy atom. The molecule has 0 aliphatic carbocycles. The van der Waals surface area contributed by atoms with Crippen molar-refractivity contribution in [3.8, 4) is 12.0 Å². The van der Waals surface area contributed by atoms with Crippen molar-refractivity contribution in [1.82, 2.24) is 4.57 Å². The van der Waals surface area contributed by atoms with E-state index in [2.05, 4.69) is 37.1 Å². The molecule has 0 aromatic heterocycles. The van der Waals surface area contributed by atoms with Crippen molar-refractivity contribution in [2.45, 2.75) is 26.9 Å². The highest BCUT2D eigenvalue weighted by atomic mass is 28.3. The van der Waals surface area contributed by atoms with Crippen LogP contribution in [0, 0.1) is 12.0 Å². The SMILES string of the molecule is C#C[Si](C)(C)N(CC)CC. The Labute approximate surface area is 65.5 Å². The molecule has 10 heavy (non-hydrogen) atoms. The highest BCUT2D eigenvalue weighted by molar-refractivity contribution is 6.82. The molecule has 0 rings (SSSR count). The lowest BCUT2D eigenvalue weighted by Crippen LogP contribution is -2.47. The van der Waals surface area contributed by atoms with E-state index in [9.17, 15) is 0 Å². The Balaban J connectivity index is 4.15. The molecule has 0 radical (unpaired) electrons. The predicted octanol–water partition coefficient (Wildman–Crippen LogP) is 1.71. The number of hydrogen-bond donors (Lipinski definition) is 0. The van der Waals surface area contributed by atoms with E-state index in [4.69, 9.17) is 6.42 Å². The maximum absolute atomic E-state index is 5.43. The van der Waals surface area contributed by atoms with E-state index in [0.29, 0.717) is 0 Å². The lowest BCUT2D eigenvalue weighted by atomic mass is 10.7. The lowest BCUT2D eigenvalue weighted by Gasteiger charge is -2.29. The van der Waals surface area contributed by atoms with Crippen molar-refractivity contribution >= 4 is 8.24 Å². The maximum Gasteiger partial charge on any atom is 0.204 e. The van der Waals surface area contributed by atoms with E-state index in [1.54, 1.807) is 0 Å². The number of nitrogens with zero attached hydrogens (tertiary/aromatic N) is 1. The van der Waals surface area contributed by atoms with Crippen molar-refractivity contribution in [3.05, 3.63) is 0 Å². The summed E-state index contributed by atoms with van der Waals surface area (Å²) in [5.41, 5.74) is 2.91. The topological polar surface area (TPSA) is 3.24 Å². The van der Waals surface area contributed by atoms with Gasteiger partial charge in [-0.2, -0.15) is 0 Å². The minimum Gasteiger partial charge on any atom is -0.315 e. The van der Waals surface area contributed by atoms with Crippen molar-refractivity contribution in [1.29, 1.82) is 0 Å². The molecule has 0 unspecified atom stereocenters. The van der Waals surface area contributed by atoms with Gasteiger partial charge >= 0.3 is 0 Å². The Morgan fingerprint density at radius 2 is 1.70 bits per heavy atom. The molecule has 0 saturated heterocycles. The third kappa shape index (κ3) is 2.16. The standard InChI is InChI=1S/C8H17NSi/c1-6-9(7-2)10(4,5)8-3/h3H,6-7H2,1-2,4-5H3. The van der Waals surface area contributed by atoms with Gasteiger partial charge in [0.2, 0.25) is 8.24 Å². The summed E-state index contributed by atoms with van der Waals surface area (Å²) in [4.78, 5) is 0. The quantitative estimate of drug-likeness (QED) is 0.443. The van der Waals surface area contributed by atoms with Crippen LogP contribution in [0.4, 0.5) is 0 Å². The zero-order valence-electron chi connectivity index (χ0n) is 7.44. The summed E-state index contributed by atoms with van der Waals surface area (Å²) in [5, 5.41) is 0. The van der Waals surface area contributed by atoms with Crippen LogP contribution < -0.4 is 0 Å². The first-order chi connectivity index (χ1) is 4.58. The summed E-state index contributed by atoms with van der Waals surface area (Å²) in [6.45, 7) is 10.9. The van der Waals surface area contributed by atoms with Crippen LogP contribution in [0.5, 0.6) is 0 Å². The molecule has 0 N–H and O–H groups in total. The molecule has 0 aromatic carbocycles. The highest BCUT2D eigenvalue weighted by Gasteiger charge is 2.24. The molecule has 0 aliphatic rings. The molecule has 0 spiro atoms. The molecule has 1 nitrogen and oxygen atoms in total. The highest BCUT2D eigenvalue weighted by Crippen LogP contribution is 2.06. The zero-order valence-corrected chi connectivity index (χ0v) is 8.44. The molecule has 58 valence electrons. The molecule has 0 fully saturated rings. The van der Waals surface area contributed by atoms with E-state index < -0.39 is 8.24 Å². The van der Waals surface area contributed by atoms with Crippen LogP contribution >= 0.6 is 0 Å². The number of terminal acetylenes is 1. The molecule has 2 heteroatoms. The molecule has 0 heterocycles. The van der Waals surface area contributed by atoms with E-state index in [-0.39, 0.29) is 0 Å². The van der Waals surface area contributed by atoms with Crippen molar-refractivity contribution < 1.29 is 0 Å². The fourth-order valence-corrected chi connectivity index (χ4v) is 2.87. The van der Waals surface area contributed by atoms with Crippen LogP contribution in [-0.2, 0) is 0 Å². The van der Waals surface area contributed by atoms with Gasteiger partial charge in [0, 0.05) is 0 Å². The third-order valence-corrected chi connectivity index (χ3v) is 4.83. The van der Waals surface area contributed by atoms with Gasteiger partial charge in [-0.3, -0.25) is 0 Å². The first-order valence-electron chi connectivity index (χ1n) is 3.81. The molecule has 0 aromatic rings. The molecular formula is C8H17NSi. The summed E-state index contributed by atoms with van der Waals surface area (Å²) in [6, 6.07) is 0. The molecule has 0 amide bonds. The molecule has 0 saturated carbocycles. The van der Waals surface area contributed by atoms with Gasteiger partial charge in [0.05, 0.1) is 0 Å². The van der Waals surface area contributed by atoms with Gasteiger partial charge in [0.15, 0.2) is 0 Å². The minimum atomic E-state index is -1.45. The maximum atomic E-state index is 5.43. The second-order valence-electron chi connectivity index (χ2n) is 2.88. The van der Waals surface area contributed by atoms with Crippen molar-refractivity contribution in [2.75, 3.05) is 13.1 Å². The van der Waals surface area contributed by atoms with Crippen LogP contribution in [0.2, 0.25) is 13.1 Å². The molecule has 0 bridgehead atoms. The zero-order chi connectivity index (χ0) is 8.20. The molecular weight excluding hydrogens is 138 g/mol. The minimum absolute atomic E-state index is 1.08. The van der Waals surface area contributed by atoms with Crippen LogP contribution in [0.25, 0.3) is 0 Å². The van der Waals surface area contributed by atoms with Gasteiger partial charge in [0.25, 0.3) is 0 Å². The van der Waals surface area contributed by atoms with Crippen LogP contribution in [0.15, 0.2) is 0 Å². The molecule has 0 aliphatic heterocycles. The second-order valence-corrected chi connectivity index (χ2v) is 6.91. The normalized spacial score (nSPS) is 11.6. The fraction of sp³-hybridized carbons (Fsp3) is 0.750. The van der Waals surface area contributed by atoms with E-state index >= 15 is 0 Å². The van der Waals surface area contributed by atoms with E-state index in [0.717, 1.165) is 13.1 Å². The first-order valence-corrected chi connectivity index (χ1v) is 6.76. The van der Waals surface area contributed by atoms with Crippen LogP contribution in [0.1, 0.15) is 13.8 Å².